The molecule has 1 aromatic carbocycles. The van der Waals surface area contributed by atoms with E-state index >= 15 is 0 Å². The Bertz CT molecular complexity index is 531. The van der Waals surface area contributed by atoms with Crippen molar-refractivity contribution in [1.82, 2.24) is 4.90 Å². The van der Waals surface area contributed by atoms with Gasteiger partial charge in [0.1, 0.15) is 0 Å². The standard InChI is InChI=1S/C15H18ClN3/c16-12-5-3-11(4-6-12)15(10-1-2-10)9-18-14(17)19(15)13-7-8-13/h3-6,10,13H,1-2,7-9H2,(H2,17,18). The topological polar surface area (TPSA) is 41.6 Å². The van der Waals surface area contributed by atoms with Gasteiger partial charge >= 0.3 is 0 Å². The Morgan fingerprint density at radius 3 is 2.42 bits per heavy atom. The first-order chi connectivity index (χ1) is 9.22. The fraction of sp³-hybridized carbons (Fsp3) is 0.533. The maximum atomic E-state index is 6.18. The van der Waals surface area contributed by atoms with E-state index < -0.39 is 0 Å². The number of hydrogen-bond acceptors (Lipinski definition) is 3. The van der Waals surface area contributed by atoms with Crippen LogP contribution >= 0.6 is 11.6 Å². The third-order valence-electron chi connectivity index (χ3n) is 4.67. The normalized spacial score (nSPS) is 30.6. The van der Waals surface area contributed by atoms with Crippen molar-refractivity contribution in [2.45, 2.75) is 37.3 Å². The van der Waals surface area contributed by atoms with Gasteiger partial charge in [-0.1, -0.05) is 23.7 Å². The first kappa shape index (κ1) is 11.6. The number of guanidine groups is 1. The second-order valence-electron chi connectivity index (χ2n) is 5.98. The molecule has 1 atom stereocenters. The minimum atomic E-state index is 0.00976. The minimum Gasteiger partial charge on any atom is -0.370 e. The number of nitrogens with zero attached hydrogens (tertiary/aromatic N) is 2. The maximum absolute atomic E-state index is 6.18. The molecule has 0 bridgehead atoms. The lowest BCUT2D eigenvalue weighted by molar-refractivity contribution is 0.162. The van der Waals surface area contributed by atoms with Gasteiger partial charge in [-0.05, 0) is 49.3 Å². The summed E-state index contributed by atoms with van der Waals surface area (Å²) in [7, 11) is 0. The molecule has 0 aromatic heterocycles. The van der Waals surface area contributed by atoms with Crippen molar-refractivity contribution in [2.24, 2.45) is 16.6 Å². The molecule has 0 spiro atoms. The van der Waals surface area contributed by atoms with E-state index in [1.165, 1.54) is 31.2 Å². The summed E-state index contributed by atoms with van der Waals surface area (Å²) in [6.45, 7) is 0.807. The van der Waals surface area contributed by atoms with Crippen LogP contribution in [0.25, 0.3) is 0 Å². The van der Waals surface area contributed by atoms with Crippen LogP contribution < -0.4 is 5.73 Å². The molecule has 2 N–H and O–H groups in total. The van der Waals surface area contributed by atoms with E-state index in [-0.39, 0.29) is 5.54 Å². The van der Waals surface area contributed by atoms with Crippen LogP contribution in [0.1, 0.15) is 31.2 Å². The smallest absolute Gasteiger partial charge is 0.192 e. The lowest BCUT2D eigenvalue weighted by atomic mass is 9.83. The predicted octanol–water partition coefficient (Wildman–Crippen LogP) is 2.74. The average molecular weight is 276 g/mol. The molecule has 3 aliphatic rings. The molecule has 4 heteroatoms. The van der Waals surface area contributed by atoms with Crippen molar-refractivity contribution in [2.75, 3.05) is 6.54 Å². The summed E-state index contributed by atoms with van der Waals surface area (Å²) in [6, 6.07) is 8.89. The Morgan fingerprint density at radius 2 is 1.84 bits per heavy atom. The number of halogens is 1. The van der Waals surface area contributed by atoms with Crippen molar-refractivity contribution in [3.8, 4) is 0 Å². The Balaban J connectivity index is 1.80. The molecule has 4 rings (SSSR count). The van der Waals surface area contributed by atoms with E-state index in [1.54, 1.807) is 0 Å². The van der Waals surface area contributed by atoms with Crippen LogP contribution in [-0.2, 0) is 5.54 Å². The van der Waals surface area contributed by atoms with Crippen LogP contribution in [0.3, 0.4) is 0 Å². The van der Waals surface area contributed by atoms with Crippen LogP contribution in [0.4, 0.5) is 0 Å². The van der Waals surface area contributed by atoms with Gasteiger partial charge in [0.25, 0.3) is 0 Å². The fourth-order valence-corrected chi connectivity index (χ4v) is 3.62. The highest BCUT2D eigenvalue weighted by Crippen LogP contribution is 2.54. The second kappa shape index (κ2) is 3.89. The molecule has 1 aliphatic heterocycles. The highest BCUT2D eigenvalue weighted by Gasteiger charge is 2.57. The van der Waals surface area contributed by atoms with Crippen LogP contribution in [0, 0.1) is 5.92 Å². The van der Waals surface area contributed by atoms with E-state index in [2.05, 4.69) is 22.0 Å². The van der Waals surface area contributed by atoms with Crippen LogP contribution in [-0.4, -0.2) is 23.4 Å². The summed E-state index contributed by atoms with van der Waals surface area (Å²) in [5.74, 6) is 1.43. The van der Waals surface area contributed by atoms with Gasteiger partial charge in [-0.25, -0.2) is 0 Å². The molecule has 1 unspecified atom stereocenters. The summed E-state index contributed by atoms with van der Waals surface area (Å²) in [4.78, 5) is 6.99. The number of aliphatic imine (C=N–C) groups is 1. The zero-order valence-corrected chi connectivity index (χ0v) is 11.6. The molecular formula is C15H18ClN3. The molecule has 0 saturated heterocycles. The van der Waals surface area contributed by atoms with Crippen molar-refractivity contribution < 1.29 is 0 Å². The highest BCUT2D eigenvalue weighted by atomic mass is 35.5. The van der Waals surface area contributed by atoms with Crippen LogP contribution in [0.15, 0.2) is 29.3 Å². The lowest BCUT2D eigenvalue weighted by Crippen LogP contribution is -2.52. The first-order valence-electron chi connectivity index (χ1n) is 7.07. The number of benzene rings is 1. The van der Waals surface area contributed by atoms with Gasteiger partial charge in [0.15, 0.2) is 5.96 Å². The minimum absolute atomic E-state index is 0.00976. The van der Waals surface area contributed by atoms with Gasteiger partial charge in [0.05, 0.1) is 12.1 Å². The molecule has 2 fully saturated rings. The summed E-state index contributed by atoms with van der Waals surface area (Å²) < 4.78 is 0. The SMILES string of the molecule is NC1=NCC(c2ccc(Cl)cc2)(C2CC2)N1C1CC1. The molecule has 19 heavy (non-hydrogen) atoms. The van der Waals surface area contributed by atoms with E-state index in [4.69, 9.17) is 17.3 Å². The summed E-state index contributed by atoms with van der Waals surface area (Å²) in [5.41, 5.74) is 7.52. The largest absolute Gasteiger partial charge is 0.370 e. The van der Waals surface area contributed by atoms with Crippen LogP contribution in [0.5, 0.6) is 0 Å². The Labute approximate surface area is 118 Å². The van der Waals surface area contributed by atoms with Gasteiger partial charge in [-0.15, -0.1) is 0 Å². The highest BCUT2D eigenvalue weighted by molar-refractivity contribution is 6.30. The summed E-state index contributed by atoms with van der Waals surface area (Å²) in [5, 5.41) is 0.791. The van der Waals surface area contributed by atoms with Crippen molar-refractivity contribution in [3.63, 3.8) is 0 Å². The molecule has 2 saturated carbocycles. The molecule has 2 aliphatic carbocycles. The second-order valence-corrected chi connectivity index (χ2v) is 6.42. The Morgan fingerprint density at radius 1 is 1.16 bits per heavy atom. The van der Waals surface area contributed by atoms with Crippen molar-refractivity contribution >= 4 is 17.6 Å². The van der Waals surface area contributed by atoms with Gasteiger partial charge in [0.2, 0.25) is 0 Å². The van der Waals surface area contributed by atoms with Gasteiger partial charge in [0, 0.05) is 11.1 Å². The number of nitrogens with two attached hydrogens (primary N) is 1. The summed E-state index contributed by atoms with van der Waals surface area (Å²) >= 11 is 6.03. The van der Waals surface area contributed by atoms with E-state index in [0.29, 0.717) is 12.0 Å². The number of hydrogen-bond donors (Lipinski definition) is 1. The Kier molecular flexibility index (Phi) is 2.37. The van der Waals surface area contributed by atoms with E-state index in [1.807, 2.05) is 12.1 Å². The van der Waals surface area contributed by atoms with Gasteiger partial charge < -0.3 is 10.6 Å². The van der Waals surface area contributed by atoms with Crippen molar-refractivity contribution in [1.29, 1.82) is 0 Å². The fourth-order valence-electron chi connectivity index (χ4n) is 3.50. The number of rotatable bonds is 3. The molecule has 3 nitrogen and oxygen atoms in total. The quantitative estimate of drug-likeness (QED) is 0.922. The zero-order valence-electron chi connectivity index (χ0n) is 10.8. The predicted molar refractivity (Wildman–Crippen MR) is 77.2 cm³/mol. The third kappa shape index (κ3) is 1.68. The third-order valence-corrected chi connectivity index (χ3v) is 4.92. The maximum Gasteiger partial charge on any atom is 0.192 e. The molecule has 1 aromatic rings. The van der Waals surface area contributed by atoms with Gasteiger partial charge in [-0.3, -0.25) is 4.99 Å². The monoisotopic (exact) mass is 275 g/mol. The van der Waals surface area contributed by atoms with Crippen LogP contribution in [0.2, 0.25) is 5.02 Å². The molecular weight excluding hydrogens is 258 g/mol. The summed E-state index contributed by atoms with van der Waals surface area (Å²) in [6.07, 6.45) is 5.07. The van der Waals surface area contributed by atoms with Gasteiger partial charge in [-0.2, -0.15) is 0 Å². The van der Waals surface area contributed by atoms with E-state index in [9.17, 15) is 0 Å². The Hall–Kier alpha value is -1.22. The molecule has 0 amide bonds. The van der Waals surface area contributed by atoms with E-state index in [0.717, 1.165) is 17.5 Å². The van der Waals surface area contributed by atoms with Crippen molar-refractivity contribution in [3.05, 3.63) is 34.9 Å². The average Bonchev–Trinajstić information content (AvgIpc) is 3.30. The zero-order chi connectivity index (χ0) is 13.0. The lowest BCUT2D eigenvalue weighted by Gasteiger charge is -2.40. The molecule has 100 valence electrons. The first-order valence-corrected chi connectivity index (χ1v) is 7.45. The molecule has 1 heterocycles. The molecule has 0 radical (unpaired) electrons.